The third-order valence-corrected chi connectivity index (χ3v) is 3.60. The van der Waals surface area contributed by atoms with Crippen LogP contribution in [0.1, 0.15) is 26.2 Å². The van der Waals surface area contributed by atoms with Crippen molar-refractivity contribution in [3.63, 3.8) is 0 Å². The van der Waals surface area contributed by atoms with E-state index in [1.54, 1.807) is 6.20 Å². The van der Waals surface area contributed by atoms with Gasteiger partial charge in [-0.2, -0.15) is 4.98 Å². The second-order valence-electron chi connectivity index (χ2n) is 4.63. The van der Waals surface area contributed by atoms with Crippen LogP contribution in [0, 0.1) is 5.92 Å². The fraction of sp³-hybridized carbons (Fsp3) is 0.667. The third kappa shape index (κ3) is 1.62. The molecular formula is C12H17N3O. The first kappa shape index (κ1) is 9.87. The van der Waals surface area contributed by atoms with Crippen molar-refractivity contribution in [2.24, 2.45) is 5.92 Å². The van der Waals surface area contributed by atoms with Crippen molar-refractivity contribution in [2.75, 3.05) is 18.1 Å². The van der Waals surface area contributed by atoms with Crippen LogP contribution in [0.4, 0.5) is 5.82 Å². The molecule has 4 heteroatoms. The number of ether oxygens (including phenoxy) is 1. The summed E-state index contributed by atoms with van der Waals surface area (Å²) < 4.78 is 5.39. The van der Waals surface area contributed by atoms with E-state index in [9.17, 15) is 0 Å². The first-order chi connectivity index (χ1) is 7.86. The predicted octanol–water partition coefficient (Wildman–Crippen LogP) is 1.86. The Bertz CT molecular complexity index is 382. The zero-order chi connectivity index (χ0) is 11.0. The van der Waals surface area contributed by atoms with E-state index in [1.165, 1.54) is 19.3 Å². The lowest BCUT2D eigenvalue weighted by Gasteiger charge is -2.27. The SMILES string of the molecule is CCOc1cncc(N2C[C@H]3CC[C@H]2C3)n1. The monoisotopic (exact) mass is 219 g/mol. The molecule has 2 aliphatic rings. The normalized spacial score (nSPS) is 27.4. The number of piperidine rings is 1. The molecule has 0 spiro atoms. The molecule has 0 unspecified atom stereocenters. The fourth-order valence-corrected chi connectivity index (χ4v) is 2.90. The molecule has 0 radical (unpaired) electrons. The van der Waals surface area contributed by atoms with Gasteiger partial charge < -0.3 is 9.64 Å². The highest BCUT2D eigenvalue weighted by Crippen LogP contribution is 2.39. The molecule has 1 saturated carbocycles. The Balaban J connectivity index is 1.81. The highest BCUT2D eigenvalue weighted by Gasteiger charge is 2.38. The Hall–Kier alpha value is -1.32. The third-order valence-electron chi connectivity index (χ3n) is 3.60. The van der Waals surface area contributed by atoms with E-state index in [0.29, 0.717) is 18.5 Å². The Morgan fingerprint density at radius 2 is 2.38 bits per heavy atom. The van der Waals surface area contributed by atoms with Gasteiger partial charge in [0.25, 0.3) is 0 Å². The molecule has 1 aromatic heterocycles. The quantitative estimate of drug-likeness (QED) is 0.777. The second kappa shape index (κ2) is 3.92. The van der Waals surface area contributed by atoms with Crippen molar-refractivity contribution in [2.45, 2.75) is 32.2 Å². The summed E-state index contributed by atoms with van der Waals surface area (Å²) in [6.07, 6.45) is 7.57. The smallest absolute Gasteiger partial charge is 0.234 e. The summed E-state index contributed by atoms with van der Waals surface area (Å²) in [6, 6.07) is 0.691. The van der Waals surface area contributed by atoms with Gasteiger partial charge in [-0.1, -0.05) is 0 Å². The van der Waals surface area contributed by atoms with Crippen molar-refractivity contribution >= 4 is 5.82 Å². The number of hydrogen-bond donors (Lipinski definition) is 0. The van der Waals surface area contributed by atoms with Crippen LogP contribution in [-0.2, 0) is 0 Å². The molecular weight excluding hydrogens is 202 g/mol. The number of rotatable bonds is 3. The first-order valence-electron chi connectivity index (χ1n) is 6.08. The van der Waals surface area contributed by atoms with E-state index in [0.717, 1.165) is 18.3 Å². The minimum Gasteiger partial charge on any atom is -0.477 e. The van der Waals surface area contributed by atoms with Gasteiger partial charge in [0.2, 0.25) is 5.88 Å². The van der Waals surface area contributed by atoms with Crippen LogP contribution in [0.25, 0.3) is 0 Å². The van der Waals surface area contributed by atoms with Crippen LogP contribution >= 0.6 is 0 Å². The van der Waals surface area contributed by atoms with Crippen molar-refractivity contribution in [3.05, 3.63) is 12.4 Å². The maximum Gasteiger partial charge on any atom is 0.234 e. The van der Waals surface area contributed by atoms with Crippen LogP contribution in [0.15, 0.2) is 12.4 Å². The van der Waals surface area contributed by atoms with Crippen LogP contribution in [0.2, 0.25) is 0 Å². The van der Waals surface area contributed by atoms with Crippen molar-refractivity contribution < 1.29 is 4.74 Å². The summed E-state index contributed by atoms with van der Waals surface area (Å²) >= 11 is 0. The lowest BCUT2D eigenvalue weighted by atomic mass is 10.1. The lowest BCUT2D eigenvalue weighted by molar-refractivity contribution is 0.325. The van der Waals surface area contributed by atoms with Crippen LogP contribution in [0.5, 0.6) is 5.88 Å². The van der Waals surface area contributed by atoms with E-state index in [-0.39, 0.29) is 0 Å². The van der Waals surface area contributed by atoms with Gasteiger partial charge in [0.15, 0.2) is 5.82 Å². The van der Waals surface area contributed by atoms with Gasteiger partial charge in [-0.25, -0.2) is 0 Å². The summed E-state index contributed by atoms with van der Waals surface area (Å²) in [5, 5.41) is 0. The van der Waals surface area contributed by atoms with E-state index in [4.69, 9.17) is 4.74 Å². The van der Waals surface area contributed by atoms with Crippen LogP contribution < -0.4 is 9.64 Å². The number of hydrogen-bond acceptors (Lipinski definition) is 4. The van der Waals surface area contributed by atoms with E-state index >= 15 is 0 Å². The highest BCUT2D eigenvalue weighted by atomic mass is 16.5. The van der Waals surface area contributed by atoms with Crippen molar-refractivity contribution in [1.29, 1.82) is 0 Å². The summed E-state index contributed by atoms with van der Waals surface area (Å²) in [7, 11) is 0. The van der Waals surface area contributed by atoms with Gasteiger partial charge in [0.05, 0.1) is 19.0 Å². The molecule has 0 amide bonds. The molecule has 2 heterocycles. The number of fused-ring (bicyclic) bond motifs is 2. The van der Waals surface area contributed by atoms with Crippen LogP contribution in [0.3, 0.4) is 0 Å². The van der Waals surface area contributed by atoms with Gasteiger partial charge >= 0.3 is 0 Å². The Kier molecular flexibility index (Phi) is 2.42. The maximum absolute atomic E-state index is 5.39. The topological polar surface area (TPSA) is 38.2 Å². The van der Waals surface area contributed by atoms with Crippen LogP contribution in [-0.4, -0.2) is 29.2 Å². The molecule has 2 atom stereocenters. The lowest BCUT2D eigenvalue weighted by Crippen LogP contribution is -2.32. The predicted molar refractivity (Wildman–Crippen MR) is 61.7 cm³/mol. The van der Waals surface area contributed by atoms with Crippen molar-refractivity contribution in [1.82, 2.24) is 9.97 Å². The summed E-state index contributed by atoms with van der Waals surface area (Å²) in [5.74, 6) is 2.50. The molecule has 3 rings (SSSR count). The van der Waals surface area contributed by atoms with E-state index in [2.05, 4.69) is 14.9 Å². The van der Waals surface area contributed by atoms with E-state index in [1.807, 2.05) is 13.1 Å². The Morgan fingerprint density at radius 3 is 3.06 bits per heavy atom. The first-order valence-corrected chi connectivity index (χ1v) is 6.08. The minimum atomic E-state index is 0.641. The van der Waals surface area contributed by atoms with Gasteiger partial charge in [-0.05, 0) is 32.1 Å². The average Bonchev–Trinajstić information content (AvgIpc) is 2.91. The van der Waals surface area contributed by atoms with Crippen molar-refractivity contribution in [3.8, 4) is 5.88 Å². The maximum atomic E-state index is 5.39. The standard InChI is InChI=1S/C12H17N3O/c1-2-16-12-7-13-6-11(14-12)15-8-9-3-4-10(15)5-9/h6-7,9-10H,2-5,8H2,1H3/t9-,10-/m0/s1. The molecule has 1 aliphatic heterocycles. The Labute approximate surface area is 95.7 Å². The zero-order valence-electron chi connectivity index (χ0n) is 9.59. The molecule has 4 nitrogen and oxygen atoms in total. The van der Waals surface area contributed by atoms with E-state index < -0.39 is 0 Å². The van der Waals surface area contributed by atoms with Gasteiger partial charge in [0.1, 0.15) is 0 Å². The summed E-state index contributed by atoms with van der Waals surface area (Å²) in [4.78, 5) is 11.1. The molecule has 16 heavy (non-hydrogen) atoms. The summed E-state index contributed by atoms with van der Waals surface area (Å²) in [6.45, 7) is 3.76. The largest absolute Gasteiger partial charge is 0.477 e. The molecule has 1 aromatic rings. The number of anilines is 1. The zero-order valence-corrected chi connectivity index (χ0v) is 9.59. The van der Waals surface area contributed by atoms with Gasteiger partial charge in [-0.3, -0.25) is 4.98 Å². The summed E-state index contributed by atoms with van der Waals surface area (Å²) in [5.41, 5.74) is 0. The Morgan fingerprint density at radius 1 is 1.44 bits per heavy atom. The molecule has 0 aromatic carbocycles. The van der Waals surface area contributed by atoms with Gasteiger partial charge in [0, 0.05) is 12.6 Å². The molecule has 0 N–H and O–H groups in total. The molecule has 2 fully saturated rings. The molecule has 86 valence electrons. The fourth-order valence-electron chi connectivity index (χ4n) is 2.90. The molecule has 1 aliphatic carbocycles. The van der Waals surface area contributed by atoms with Gasteiger partial charge in [-0.15, -0.1) is 0 Å². The average molecular weight is 219 g/mol. The highest BCUT2D eigenvalue weighted by molar-refractivity contribution is 5.41. The second-order valence-corrected chi connectivity index (χ2v) is 4.63. The number of aromatic nitrogens is 2. The number of nitrogens with zero attached hydrogens (tertiary/aromatic N) is 3. The minimum absolute atomic E-state index is 0.641. The molecule has 2 bridgehead atoms. The molecule has 1 saturated heterocycles.